The monoisotopic (exact) mass is 383 g/mol. The first-order chi connectivity index (χ1) is 13.5. The molecule has 0 saturated carbocycles. The van der Waals surface area contributed by atoms with E-state index in [4.69, 9.17) is 0 Å². The average molecular weight is 383 g/mol. The SMILES string of the molecule is C=C/C(=C\C=C(/C)C1CCC(c2c(F)cccc2F)=N1)c1nnn(CCC)n1. The van der Waals surface area contributed by atoms with E-state index in [0.29, 0.717) is 30.9 Å². The lowest BCUT2D eigenvalue weighted by Gasteiger charge is -2.06. The molecule has 5 nitrogen and oxygen atoms in total. The Morgan fingerprint density at radius 1 is 1.29 bits per heavy atom. The minimum Gasteiger partial charge on any atom is -0.281 e. The van der Waals surface area contributed by atoms with E-state index in [1.54, 1.807) is 10.9 Å². The van der Waals surface area contributed by atoms with Crippen LogP contribution >= 0.6 is 0 Å². The van der Waals surface area contributed by atoms with Gasteiger partial charge in [-0.3, -0.25) is 4.99 Å². The van der Waals surface area contributed by atoms with Gasteiger partial charge in [0.15, 0.2) is 0 Å². The molecule has 0 spiro atoms. The largest absolute Gasteiger partial charge is 0.281 e. The number of benzene rings is 1. The molecule has 0 radical (unpaired) electrons. The van der Waals surface area contributed by atoms with E-state index in [1.807, 2.05) is 26.0 Å². The minimum atomic E-state index is -0.573. The number of aromatic nitrogens is 4. The van der Waals surface area contributed by atoms with Crippen molar-refractivity contribution in [2.75, 3.05) is 0 Å². The van der Waals surface area contributed by atoms with Crippen molar-refractivity contribution < 1.29 is 8.78 Å². The molecule has 1 aliphatic rings. The third-order valence-corrected chi connectivity index (χ3v) is 4.62. The van der Waals surface area contributed by atoms with E-state index >= 15 is 0 Å². The molecule has 2 aromatic rings. The molecule has 3 rings (SSSR count). The summed E-state index contributed by atoms with van der Waals surface area (Å²) < 4.78 is 28.0. The van der Waals surface area contributed by atoms with Gasteiger partial charge in [-0.05, 0) is 49.1 Å². The second-order valence-electron chi connectivity index (χ2n) is 6.67. The zero-order valence-electron chi connectivity index (χ0n) is 16.1. The molecule has 0 aliphatic carbocycles. The Kier molecular flexibility index (Phi) is 6.23. The number of allylic oxidation sites excluding steroid dienone is 4. The number of aryl methyl sites for hydroxylation is 1. The van der Waals surface area contributed by atoms with Crippen molar-refractivity contribution in [2.24, 2.45) is 4.99 Å². The molecule has 0 fully saturated rings. The molecule has 0 amide bonds. The van der Waals surface area contributed by atoms with Crippen molar-refractivity contribution >= 4 is 11.3 Å². The van der Waals surface area contributed by atoms with E-state index < -0.39 is 11.6 Å². The lowest BCUT2D eigenvalue weighted by Crippen LogP contribution is -2.04. The van der Waals surface area contributed by atoms with Crippen LogP contribution in [-0.4, -0.2) is 32.0 Å². The summed E-state index contributed by atoms with van der Waals surface area (Å²) in [6.45, 7) is 8.52. The molecule has 1 aromatic heterocycles. The van der Waals surface area contributed by atoms with Crippen LogP contribution in [0.25, 0.3) is 5.57 Å². The van der Waals surface area contributed by atoms with Gasteiger partial charge in [0.25, 0.3) is 0 Å². The van der Waals surface area contributed by atoms with Crippen molar-refractivity contribution in [1.29, 1.82) is 0 Å². The Morgan fingerprint density at radius 3 is 2.71 bits per heavy atom. The Balaban J connectivity index is 1.80. The van der Waals surface area contributed by atoms with E-state index in [-0.39, 0.29) is 11.6 Å². The van der Waals surface area contributed by atoms with Crippen LogP contribution in [0.2, 0.25) is 0 Å². The molecule has 28 heavy (non-hydrogen) atoms. The topological polar surface area (TPSA) is 56.0 Å². The summed E-state index contributed by atoms with van der Waals surface area (Å²) >= 11 is 0. The van der Waals surface area contributed by atoms with Crippen molar-refractivity contribution in [1.82, 2.24) is 20.2 Å². The maximum Gasteiger partial charge on any atom is 0.204 e. The van der Waals surface area contributed by atoms with Gasteiger partial charge in [-0.2, -0.15) is 4.80 Å². The predicted molar refractivity (Wildman–Crippen MR) is 106 cm³/mol. The van der Waals surface area contributed by atoms with Crippen LogP contribution in [0.3, 0.4) is 0 Å². The Bertz CT molecular complexity index is 935. The van der Waals surface area contributed by atoms with Crippen LogP contribution in [0, 0.1) is 11.6 Å². The molecule has 1 unspecified atom stereocenters. The fraction of sp³-hybridized carbons (Fsp3) is 0.333. The van der Waals surface area contributed by atoms with E-state index in [9.17, 15) is 8.78 Å². The highest BCUT2D eigenvalue weighted by molar-refractivity contribution is 6.02. The maximum atomic E-state index is 14.0. The number of tetrazole rings is 1. The summed E-state index contributed by atoms with van der Waals surface area (Å²) in [4.78, 5) is 6.11. The number of hydrogen-bond acceptors (Lipinski definition) is 4. The fourth-order valence-corrected chi connectivity index (χ4v) is 3.10. The number of rotatable bonds is 7. The molecule has 0 bridgehead atoms. The van der Waals surface area contributed by atoms with Crippen molar-refractivity contribution in [3.8, 4) is 0 Å². The lowest BCUT2D eigenvalue weighted by molar-refractivity contribution is 0.514. The van der Waals surface area contributed by atoms with Gasteiger partial charge in [0, 0.05) is 11.3 Å². The van der Waals surface area contributed by atoms with E-state index in [1.165, 1.54) is 18.2 Å². The van der Waals surface area contributed by atoms with Crippen LogP contribution in [0.15, 0.2) is 53.6 Å². The molecular formula is C21H23F2N5. The Hall–Kier alpha value is -2.96. The predicted octanol–water partition coefficient (Wildman–Crippen LogP) is 4.53. The first-order valence-electron chi connectivity index (χ1n) is 9.33. The standard InChI is InChI=1S/C21H23F2N5/c1-4-13-28-26-21(25-27-28)15(5-2)10-9-14(3)18-11-12-19(24-18)20-16(22)7-6-8-17(20)23/h5-10,18H,2,4,11-13H2,1,3H3/b14-9+,15-10+. The molecule has 1 aromatic carbocycles. The molecular weight excluding hydrogens is 360 g/mol. The van der Waals surface area contributed by atoms with Gasteiger partial charge in [0.2, 0.25) is 5.82 Å². The zero-order valence-corrected chi connectivity index (χ0v) is 16.1. The van der Waals surface area contributed by atoms with Crippen molar-refractivity contribution in [2.45, 2.75) is 45.7 Å². The summed E-state index contributed by atoms with van der Waals surface area (Å²) in [5, 5.41) is 12.4. The lowest BCUT2D eigenvalue weighted by atomic mass is 10.0. The molecule has 1 atom stereocenters. The third-order valence-electron chi connectivity index (χ3n) is 4.62. The first-order valence-corrected chi connectivity index (χ1v) is 9.33. The van der Waals surface area contributed by atoms with Crippen LogP contribution in [0.4, 0.5) is 8.78 Å². The van der Waals surface area contributed by atoms with Crippen LogP contribution in [0.5, 0.6) is 0 Å². The van der Waals surface area contributed by atoms with Gasteiger partial charge in [0.05, 0.1) is 18.2 Å². The quantitative estimate of drug-likeness (QED) is 0.660. The highest BCUT2D eigenvalue weighted by atomic mass is 19.1. The number of nitrogens with zero attached hydrogens (tertiary/aromatic N) is 5. The van der Waals surface area contributed by atoms with Gasteiger partial charge in [0.1, 0.15) is 11.6 Å². The zero-order chi connectivity index (χ0) is 20.1. The number of halogens is 2. The fourth-order valence-electron chi connectivity index (χ4n) is 3.10. The normalized spacial score (nSPS) is 17.7. The van der Waals surface area contributed by atoms with Gasteiger partial charge in [-0.25, -0.2) is 8.78 Å². The van der Waals surface area contributed by atoms with Gasteiger partial charge < -0.3 is 0 Å². The molecule has 146 valence electrons. The van der Waals surface area contributed by atoms with Crippen LogP contribution in [0.1, 0.15) is 44.5 Å². The average Bonchev–Trinajstić information content (AvgIpc) is 3.33. The maximum absolute atomic E-state index is 14.0. The first kappa shape index (κ1) is 19.8. The van der Waals surface area contributed by atoms with E-state index in [0.717, 1.165) is 17.6 Å². The van der Waals surface area contributed by atoms with Crippen molar-refractivity contribution in [3.63, 3.8) is 0 Å². The van der Waals surface area contributed by atoms with Gasteiger partial charge in [-0.1, -0.05) is 37.8 Å². The second kappa shape index (κ2) is 8.82. The molecule has 2 heterocycles. The molecule has 0 N–H and O–H groups in total. The summed E-state index contributed by atoms with van der Waals surface area (Å²) in [5.41, 5.74) is 2.21. The minimum absolute atomic E-state index is 0.0168. The van der Waals surface area contributed by atoms with E-state index in [2.05, 4.69) is 27.0 Å². The van der Waals surface area contributed by atoms with Crippen LogP contribution in [-0.2, 0) is 6.54 Å². The second-order valence-corrected chi connectivity index (χ2v) is 6.67. The summed E-state index contributed by atoms with van der Waals surface area (Å²) in [5.74, 6) is -0.635. The summed E-state index contributed by atoms with van der Waals surface area (Å²) in [7, 11) is 0. The molecule has 0 saturated heterocycles. The van der Waals surface area contributed by atoms with Gasteiger partial charge >= 0.3 is 0 Å². The van der Waals surface area contributed by atoms with Crippen molar-refractivity contribution in [3.05, 3.63) is 71.6 Å². The summed E-state index contributed by atoms with van der Waals surface area (Å²) in [6.07, 6.45) is 7.65. The molecule has 1 aliphatic heterocycles. The summed E-state index contributed by atoms with van der Waals surface area (Å²) in [6, 6.07) is 3.77. The number of aliphatic imine (C=N–C) groups is 1. The Morgan fingerprint density at radius 2 is 2.04 bits per heavy atom. The van der Waals surface area contributed by atoms with Gasteiger partial charge in [-0.15, -0.1) is 10.2 Å². The highest BCUT2D eigenvalue weighted by Gasteiger charge is 2.24. The third kappa shape index (κ3) is 4.30. The molecule has 7 heteroatoms. The Labute approximate surface area is 163 Å². The highest BCUT2D eigenvalue weighted by Crippen LogP contribution is 2.26. The smallest absolute Gasteiger partial charge is 0.204 e. The number of hydrogen-bond donors (Lipinski definition) is 0. The van der Waals surface area contributed by atoms with Crippen LogP contribution < -0.4 is 0 Å².